The van der Waals surface area contributed by atoms with E-state index in [0.29, 0.717) is 37.5 Å². The summed E-state index contributed by atoms with van der Waals surface area (Å²) in [6.45, 7) is 0.640. The van der Waals surface area contributed by atoms with Crippen molar-refractivity contribution in [2.45, 2.75) is 50.4 Å². The highest BCUT2D eigenvalue weighted by atomic mass is 19.4. The molecule has 1 aliphatic carbocycles. The first-order chi connectivity index (χ1) is 17.4. The molecule has 37 heavy (non-hydrogen) atoms. The molecule has 0 aliphatic heterocycles. The number of aromatic amines is 2. The van der Waals surface area contributed by atoms with Gasteiger partial charge in [0.05, 0.1) is 30.4 Å². The minimum absolute atomic E-state index is 0.107. The third-order valence-corrected chi connectivity index (χ3v) is 6.54. The van der Waals surface area contributed by atoms with E-state index in [0.717, 1.165) is 12.0 Å². The van der Waals surface area contributed by atoms with Gasteiger partial charge in [0.1, 0.15) is 5.82 Å². The fourth-order valence-corrected chi connectivity index (χ4v) is 5.00. The second-order valence-electron chi connectivity index (χ2n) is 9.36. The Labute approximate surface area is 208 Å². The molecule has 0 saturated heterocycles. The van der Waals surface area contributed by atoms with Crippen LogP contribution in [0.4, 0.5) is 26.3 Å². The van der Waals surface area contributed by atoms with E-state index in [2.05, 4.69) is 15.2 Å². The second-order valence-corrected chi connectivity index (χ2v) is 9.36. The first kappa shape index (κ1) is 26.9. The molecule has 4 rings (SSSR count). The van der Waals surface area contributed by atoms with Gasteiger partial charge in [-0.25, -0.2) is 9.89 Å². The Kier molecular flexibility index (Phi) is 7.79. The number of nitrogens with one attached hydrogen (secondary N) is 2. The number of hydrogen-bond acceptors (Lipinski definition) is 4. The molecule has 0 spiro atoms. The molecule has 0 unspecified atom stereocenters. The smallest absolute Gasteiger partial charge is 0.373 e. The predicted octanol–water partition coefficient (Wildman–Crippen LogP) is 5.35. The molecule has 2 N–H and O–H groups in total. The molecule has 0 bridgehead atoms. The zero-order valence-corrected chi connectivity index (χ0v) is 19.9. The van der Waals surface area contributed by atoms with Crippen LogP contribution in [0.1, 0.15) is 46.8 Å². The van der Waals surface area contributed by atoms with E-state index in [1.807, 2.05) is 42.3 Å². The highest BCUT2D eigenvalue weighted by Crippen LogP contribution is 2.43. The minimum Gasteiger partial charge on any atom is -0.373 e. The lowest BCUT2D eigenvalue weighted by molar-refractivity contribution is -0.143. The maximum absolute atomic E-state index is 13.3. The summed E-state index contributed by atoms with van der Waals surface area (Å²) in [5, 5.41) is 6.23. The van der Waals surface area contributed by atoms with Crippen LogP contribution in [0.5, 0.6) is 0 Å². The zero-order valence-electron chi connectivity index (χ0n) is 19.9. The van der Waals surface area contributed by atoms with Crippen molar-refractivity contribution in [3.63, 3.8) is 0 Å². The Morgan fingerprint density at radius 3 is 2.22 bits per heavy atom. The minimum atomic E-state index is -4.91. The molecule has 200 valence electrons. The van der Waals surface area contributed by atoms with Gasteiger partial charge >= 0.3 is 18.0 Å². The average molecular weight is 528 g/mol. The van der Waals surface area contributed by atoms with Crippen LogP contribution in [0.25, 0.3) is 0 Å². The third-order valence-electron chi connectivity index (χ3n) is 6.54. The maximum Gasteiger partial charge on any atom is 0.416 e. The van der Waals surface area contributed by atoms with Crippen molar-refractivity contribution in [2.24, 2.45) is 5.92 Å². The summed E-state index contributed by atoms with van der Waals surface area (Å²) in [4.78, 5) is 15.9. The van der Waals surface area contributed by atoms with Gasteiger partial charge in [-0.1, -0.05) is 30.3 Å². The summed E-state index contributed by atoms with van der Waals surface area (Å²) >= 11 is 0. The van der Waals surface area contributed by atoms with Crippen LogP contribution in [0.2, 0.25) is 0 Å². The lowest BCUT2D eigenvalue weighted by atomic mass is 9.87. The summed E-state index contributed by atoms with van der Waals surface area (Å²) < 4.78 is 85.5. The fourth-order valence-electron chi connectivity index (χ4n) is 5.00. The summed E-state index contributed by atoms with van der Waals surface area (Å²) in [5.74, 6) is 0.477. The standard InChI is InChI=1S/C25H26F6N4O2/c1-35(13-21-32-23(36)34-33-21)12-17-7-8-20(22(17)16-5-3-2-4-6-16)37-14-15-9-18(24(26,27)28)11-19(10-15)25(29,30)31/h2-6,9-11,17,20,22H,7-8,12-14H2,1H3,(H2,32,33,34,36)/t17-,20-,22-/m0/s1. The third kappa shape index (κ3) is 6.80. The normalized spacial score (nSPS) is 20.6. The maximum atomic E-state index is 13.3. The number of halogens is 6. The zero-order chi connectivity index (χ0) is 26.8. The molecule has 3 aromatic rings. The molecule has 1 aliphatic rings. The van der Waals surface area contributed by atoms with Crippen LogP contribution in [0.3, 0.4) is 0 Å². The van der Waals surface area contributed by atoms with E-state index in [1.165, 1.54) is 0 Å². The number of benzene rings is 2. The van der Waals surface area contributed by atoms with Crippen molar-refractivity contribution >= 4 is 0 Å². The highest BCUT2D eigenvalue weighted by Gasteiger charge is 2.39. The molecule has 3 atom stereocenters. The van der Waals surface area contributed by atoms with Crippen molar-refractivity contribution in [1.29, 1.82) is 0 Å². The first-order valence-electron chi connectivity index (χ1n) is 11.7. The van der Waals surface area contributed by atoms with Crippen LogP contribution in [-0.2, 0) is 30.2 Å². The topological polar surface area (TPSA) is 74.0 Å². The predicted molar refractivity (Wildman–Crippen MR) is 122 cm³/mol. The van der Waals surface area contributed by atoms with Gasteiger partial charge in [0.15, 0.2) is 0 Å². The molecule has 6 nitrogen and oxygen atoms in total. The van der Waals surface area contributed by atoms with E-state index in [9.17, 15) is 31.1 Å². The Balaban J connectivity index is 1.52. The second kappa shape index (κ2) is 10.7. The number of rotatable bonds is 8. The number of ether oxygens (including phenoxy) is 1. The number of hydrogen-bond donors (Lipinski definition) is 2. The lowest BCUT2D eigenvalue weighted by Crippen LogP contribution is -2.30. The van der Waals surface area contributed by atoms with E-state index in [1.54, 1.807) is 0 Å². The lowest BCUT2D eigenvalue weighted by Gasteiger charge is -2.29. The van der Waals surface area contributed by atoms with Gasteiger partial charge in [0, 0.05) is 12.5 Å². The quantitative estimate of drug-likeness (QED) is 0.387. The molecule has 1 heterocycles. The van der Waals surface area contributed by atoms with Crippen molar-refractivity contribution in [1.82, 2.24) is 20.1 Å². The molecule has 1 fully saturated rings. The van der Waals surface area contributed by atoms with Gasteiger partial charge < -0.3 is 4.74 Å². The average Bonchev–Trinajstić information content (AvgIpc) is 3.42. The van der Waals surface area contributed by atoms with Gasteiger partial charge in [-0.05, 0) is 55.1 Å². The Bertz CT molecular complexity index is 1210. The van der Waals surface area contributed by atoms with Crippen molar-refractivity contribution < 1.29 is 31.1 Å². The van der Waals surface area contributed by atoms with Crippen LogP contribution < -0.4 is 5.69 Å². The van der Waals surface area contributed by atoms with E-state index in [-0.39, 0.29) is 30.1 Å². The largest absolute Gasteiger partial charge is 0.416 e. The number of aromatic nitrogens is 3. The van der Waals surface area contributed by atoms with E-state index < -0.39 is 35.3 Å². The molecule has 1 aromatic heterocycles. The van der Waals surface area contributed by atoms with Crippen LogP contribution in [0.15, 0.2) is 53.3 Å². The van der Waals surface area contributed by atoms with E-state index >= 15 is 0 Å². The first-order valence-corrected chi connectivity index (χ1v) is 11.7. The van der Waals surface area contributed by atoms with Gasteiger partial charge in [0.25, 0.3) is 0 Å². The number of nitrogens with zero attached hydrogens (tertiary/aromatic N) is 2. The van der Waals surface area contributed by atoms with Gasteiger partial charge in [-0.2, -0.15) is 31.4 Å². The summed E-state index contributed by atoms with van der Waals surface area (Å²) in [5.41, 5.74) is -2.32. The van der Waals surface area contributed by atoms with Gasteiger partial charge in [0.2, 0.25) is 0 Å². The molecule has 0 amide bonds. The Morgan fingerprint density at radius 1 is 1.00 bits per heavy atom. The fraction of sp³-hybridized carbons (Fsp3) is 0.440. The SMILES string of the molecule is CN(Cc1n[nH]c(=O)[nH]1)C[C@@H]1CC[C@H](OCc2cc(C(F)(F)F)cc(C(F)(F)F)c2)[C@H]1c1ccccc1. The Morgan fingerprint density at radius 2 is 1.65 bits per heavy atom. The van der Waals surface area contributed by atoms with Crippen LogP contribution in [0, 0.1) is 5.92 Å². The van der Waals surface area contributed by atoms with Crippen LogP contribution >= 0.6 is 0 Å². The molecule has 1 saturated carbocycles. The highest BCUT2D eigenvalue weighted by molar-refractivity contribution is 5.33. The summed E-state index contributed by atoms with van der Waals surface area (Å²) in [7, 11) is 1.88. The molecule has 0 radical (unpaired) electrons. The monoisotopic (exact) mass is 528 g/mol. The van der Waals surface area contributed by atoms with E-state index in [4.69, 9.17) is 4.74 Å². The van der Waals surface area contributed by atoms with Crippen LogP contribution in [-0.4, -0.2) is 39.8 Å². The molecule has 2 aromatic carbocycles. The molecular formula is C25H26F6N4O2. The van der Waals surface area contributed by atoms with Crippen molar-refractivity contribution in [2.75, 3.05) is 13.6 Å². The van der Waals surface area contributed by atoms with Gasteiger partial charge in [-0.3, -0.25) is 9.88 Å². The van der Waals surface area contributed by atoms with Crippen molar-refractivity contribution in [3.8, 4) is 0 Å². The molecular weight excluding hydrogens is 502 g/mol. The Hall–Kier alpha value is -3.12. The number of alkyl halides is 6. The summed E-state index contributed by atoms with van der Waals surface area (Å²) in [6.07, 6.45) is -8.87. The number of H-pyrrole nitrogens is 2. The molecule has 12 heteroatoms. The van der Waals surface area contributed by atoms with Crippen molar-refractivity contribution in [3.05, 3.63) is 87.1 Å². The van der Waals surface area contributed by atoms with Gasteiger partial charge in [-0.15, -0.1) is 0 Å². The summed E-state index contributed by atoms with van der Waals surface area (Å²) in [6, 6.07) is 11.0.